The minimum atomic E-state index is -0.321. The van der Waals surface area contributed by atoms with Gasteiger partial charge in [0.15, 0.2) is 0 Å². The first kappa shape index (κ1) is 18.8. The van der Waals surface area contributed by atoms with Gasteiger partial charge < -0.3 is 9.47 Å². The summed E-state index contributed by atoms with van der Waals surface area (Å²) in [4.78, 5) is 12.1. The predicted molar refractivity (Wildman–Crippen MR) is 99.9 cm³/mol. The molecule has 6 heteroatoms. The first-order valence-corrected chi connectivity index (χ1v) is 8.35. The zero-order valence-corrected chi connectivity index (χ0v) is 15.2. The van der Waals surface area contributed by atoms with Crippen molar-refractivity contribution in [3.63, 3.8) is 0 Å². The van der Waals surface area contributed by atoms with E-state index in [0.29, 0.717) is 22.1 Å². The number of halogens is 1. The highest BCUT2D eigenvalue weighted by atomic mass is 35.5. The van der Waals surface area contributed by atoms with E-state index in [4.69, 9.17) is 21.1 Å². The van der Waals surface area contributed by atoms with Gasteiger partial charge in [0, 0.05) is 5.56 Å². The van der Waals surface area contributed by atoms with Crippen molar-refractivity contribution in [3.05, 3.63) is 58.6 Å². The van der Waals surface area contributed by atoms with Crippen molar-refractivity contribution in [2.24, 2.45) is 5.10 Å². The Balaban J connectivity index is 1.99. The number of nitrogens with one attached hydrogen (secondary N) is 1. The summed E-state index contributed by atoms with van der Waals surface area (Å²) in [5.74, 6) is 0.923. The second kappa shape index (κ2) is 9.08. The monoisotopic (exact) mass is 360 g/mol. The summed E-state index contributed by atoms with van der Waals surface area (Å²) in [6, 6.07) is 12.2. The van der Waals surface area contributed by atoms with Crippen LogP contribution in [0.15, 0.2) is 47.6 Å². The fraction of sp³-hybridized carbons (Fsp3) is 0.263. The maximum absolute atomic E-state index is 12.1. The SMILES string of the molecule is CC[C@H](C)Oc1ccc(/C=N\NC(=O)c2cccc(OC)c2)cc1Cl. The molecule has 5 nitrogen and oxygen atoms in total. The molecule has 25 heavy (non-hydrogen) atoms. The molecule has 2 rings (SSSR count). The molecule has 0 fully saturated rings. The molecule has 1 N–H and O–H groups in total. The Labute approximate surface area is 152 Å². The Hall–Kier alpha value is -2.53. The Morgan fingerprint density at radius 1 is 1.32 bits per heavy atom. The molecule has 1 amide bonds. The zero-order valence-electron chi connectivity index (χ0n) is 14.5. The van der Waals surface area contributed by atoms with E-state index in [1.807, 2.05) is 19.9 Å². The quantitative estimate of drug-likeness (QED) is 0.592. The van der Waals surface area contributed by atoms with E-state index in [9.17, 15) is 4.79 Å². The summed E-state index contributed by atoms with van der Waals surface area (Å²) in [5, 5.41) is 4.46. The van der Waals surface area contributed by atoms with Gasteiger partial charge in [-0.3, -0.25) is 4.79 Å². The largest absolute Gasteiger partial charge is 0.497 e. The van der Waals surface area contributed by atoms with E-state index in [1.54, 1.807) is 43.5 Å². The Bertz CT molecular complexity index is 762. The van der Waals surface area contributed by atoms with Crippen LogP contribution in [0.3, 0.4) is 0 Å². The third-order valence-electron chi connectivity index (χ3n) is 3.57. The average Bonchev–Trinajstić information content (AvgIpc) is 2.63. The highest BCUT2D eigenvalue weighted by Crippen LogP contribution is 2.26. The molecule has 0 saturated heterocycles. The topological polar surface area (TPSA) is 59.9 Å². The number of hydrazone groups is 1. The lowest BCUT2D eigenvalue weighted by molar-refractivity contribution is 0.0955. The number of benzene rings is 2. The summed E-state index contributed by atoms with van der Waals surface area (Å²) < 4.78 is 10.8. The molecule has 0 heterocycles. The summed E-state index contributed by atoms with van der Waals surface area (Å²) in [7, 11) is 1.55. The van der Waals surface area contributed by atoms with Crippen LogP contribution in [-0.2, 0) is 0 Å². The highest BCUT2D eigenvalue weighted by Gasteiger charge is 2.07. The van der Waals surface area contributed by atoms with Crippen LogP contribution in [0.2, 0.25) is 5.02 Å². The molecule has 0 saturated carbocycles. The minimum absolute atomic E-state index is 0.0965. The van der Waals surface area contributed by atoms with Gasteiger partial charge in [-0.05, 0) is 55.3 Å². The van der Waals surface area contributed by atoms with Crippen LogP contribution in [0.4, 0.5) is 0 Å². The van der Waals surface area contributed by atoms with E-state index >= 15 is 0 Å². The van der Waals surface area contributed by atoms with Crippen molar-refractivity contribution < 1.29 is 14.3 Å². The third kappa shape index (κ3) is 5.50. The second-order valence-corrected chi connectivity index (χ2v) is 5.86. The molecule has 0 unspecified atom stereocenters. The van der Waals surface area contributed by atoms with Gasteiger partial charge in [-0.2, -0.15) is 5.10 Å². The van der Waals surface area contributed by atoms with Crippen LogP contribution in [0, 0.1) is 0 Å². The fourth-order valence-corrected chi connectivity index (χ4v) is 2.22. The summed E-state index contributed by atoms with van der Waals surface area (Å²) >= 11 is 6.21. The summed E-state index contributed by atoms with van der Waals surface area (Å²) in [6.07, 6.45) is 2.52. The van der Waals surface area contributed by atoms with E-state index in [0.717, 1.165) is 12.0 Å². The molecule has 0 bridgehead atoms. The van der Waals surface area contributed by atoms with Crippen LogP contribution in [0.25, 0.3) is 0 Å². The lowest BCUT2D eigenvalue weighted by atomic mass is 10.2. The fourth-order valence-electron chi connectivity index (χ4n) is 1.99. The number of carbonyl (C=O) groups is 1. The molecule has 0 aliphatic rings. The molecule has 0 radical (unpaired) electrons. The van der Waals surface area contributed by atoms with Gasteiger partial charge in [0.1, 0.15) is 11.5 Å². The number of hydrogen-bond donors (Lipinski definition) is 1. The number of hydrogen-bond acceptors (Lipinski definition) is 4. The van der Waals surface area contributed by atoms with Crippen LogP contribution < -0.4 is 14.9 Å². The number of nitrogens with zero attached hydrogens (tertiary/aromatic N) is 1. The smallest absolute Gasteiger partial charge is 0.271 e. The van der Waals surface area contributed by atoms with Crippen molar-refractivity contribution in [1.29, 1.82) is 0 Å². The van der Waals surface area contributed by atoms with Crippen molar-refractivity contribution in [1.82, 2.24) is 5.43 Å². The molecule has 0 aliphatic heterocycles. The van der Waals surface area contributed by atoms with E-state index in [1.165, 1.54) is 6.21 Å². The van der Waals surface area contributed by atoms with Gasteiger partial charge in [-0.15, -0.1) is 0 Å². The Morgan fingerprint density at radius 3 is 2.80 bits per heavy atom. The van der Waals surface area contributed by atoms with Gasteiger partial charge >= 0.3 is 0 Å². The molecule has 132 valence electrons. The van der Waals surface area contributed by atoms with Crippen molar-refractivity contribution in [2.75, 3.05) is 7.11 Å². The zero-order chi connectivity index (χ0) is 18.2. The maximum atomic E-state index is 12.1. The van der Waals surface area contributed by atoms with E-state index < -0.39 is 0 Å². The van der Waals surface area contributed by atoms with Crippen molar-refractivity contribution >= 4 is 23.7 Å². The normalized spacial score (nSPS) is 12.0. The third-order valence-corrected chi connectivity index (χ3v) is 3.87. The van der Waals surface area contributed by atoms with Gasteiger partial charge in [-0.25, -0.2) is 5.43 Å². The standard InChI is InChI=1S/C19H21ClN2O3/c1-4-13(2)25-18-9-8-14(10-17(18)20)12-21-22-19(23)15-6-5-7-16(11-15)24-3/h5-13H,4H2,1-3H3,(H,22,23)/b21-12-/t13-/m0/s1. The summed E-state index contributed by atoms with van der Waals surface area (Å²) in [5.41, 5.74) is 3.70. The van der Waals surface area contributed by atoms with Crippen LogP contribution in [0.1, 0.15) is 36.2 Å². The number of ether oxygens (including phenoxy) is 2. The molecule has 1 atom stereocenters. The molecular formula is C19H21ClN2O3. The average molecular weight is 361 g/mol. The molecule has 0 spiro atoms. The molecule has 2 aromatic rings. The lowest BCUT2D eigenvalue weighted by Gasteiger charge is -2.13. The van der Waals surface area contributed by atoms with Gasteiger partial charge in [0.2, 0.25) is 0 Å². The minimum Gasteiger partial charge on any atom is -0.497 e. The number of amides is 1. The molecular weight excluding hydrogens is 340 g/mol. The Morgan fingerprint density at radius 2 is 2.12 bits per heavy atom. The summed E-state index contributed by atoms with van der Waals surface area (Å²) in [6.45, 7) is 4.03. The number of rotatable bonds is 7. The highest BCUT2D eigenvalue weighted by molar-refractivity contribution is 6.32. The van der Waals surface area contributed by atoms with Crippen LogP contribution >= 0.6 is 11.6 Å². The maximum Gasteiger partial charge on any atom is 0.271 e. The van der Waals surface area contributed by atoms with Crippen molar-refractivity contribution in [2.45, 2.75) is 26.4 Å². The van der Waals surface area contributed by atoms with Gasteiger partial charge in [0.25, 0.3) is 5.91 Å². The van der Waals surface area contributed by atoms with E-state index in [-0.39, 0.29) is 12.0 Å². The van der Waals surface area contributed by atoms with Gasteiger partial charge in [0.05, 0.1) is 24.5 Å². The molecule has 0 aliphatic carbocycles. The van der Waals surface area contributed by atoms with E-state index in [2.05, 4.69) is 10.5 Å². The second-order valence-electron chi connectivity index (χ2n) is 5.46. The van der Waals surface area contributed by atoms with Crippen molar-refractivity contribution in [3.8, 4) is 11.5 Å². The molecule has 0 aromatic heterocycles. The first-order valence-electron chi connectivity index (χ1n) is 7.97. The van der Waals surface area contributed by atoms with Crippen LogP contribution in [0.5, 0.6) is 11.5 Å². The molecule has 2 aromatic carbocycles. The lowest BCUT2D eigenvalue weighted by Crippen LogP contribution is -2.17. The number of carbonyl (C=O) groups excluding carboxylic acids is 1. The van der Waals surface area contributed by atoms with Crippen LogP contribution in [-0.4, -0.2) is 25.3 Å². The predicted octanol–water partition coefficient (Wildman–Crippen LogP) is 4.29. The number of methoxy groups -OCH3 is 1. The first-order chi connectivity index (χ1) is 12.0. The van der Waals surface area contributed by atoms with Gasteiger partial charge in [-0.1, -0.05) is 24.6 Å². The Kier molecular flexibility index (Phi) is 6.83.